The normalized spacial score (nSPS) is 11.1. The highest BCUT2D eigenvalue weighted by atomic mass is 35.5. The molecule has 3 aromatic carbocycles. The van der Waals surface area contributed by atoms with Gasteiger partial charge in [0.1, 0.15) is 24.0 Å². The first-order valence-electron chi connectivity index (χ1n) is 9.47. The van der Waals surface area contributed by atoms with E-state index in [1.165, 1.54) is 12.1 Å². The molecule has 6 heteroatoms. The monoisotopic (exact) mass is 409 g/mol. The Morgan fingerprint density at radius 1 is 1.03 bits per heavy atom. The van der Waals surface area contributed by atoms with Crippen molar-refractivity contribution in [3.05, 3.63) is 94.5 Å². The molecule has 1 heterocycles. The predicted molar refractivity (Wildman–Crippen MR) is 114 cm³/mol. The van der Waals surface area contributed by atoms with Gasteiger partial charge in [-0.05, 0) is 48.0 Å². The number of hydrogen-bond donors (Lipinski definition) is 2. The average molecular weight is 410 g/mol. The number of aromatic amines is 1. The highest BCUT2D eigenvalue weighted by Gasteiger charge is 2.07. The first-order chi connectivity index (χ1) is 14.2. The van der Waals surface area contributed by atoms with Crippen LogP contribution in [0.5, 0.6) is 5.75 Å². The quantitative estimate of drug-likeness (QED) is 0.390. The van der Waals surface area contributed by atoms with Crippen LogP contribution in [0.25, 0.3) is 11.0 Å². The molecule has 148 valence electrons. The fourth-order valence-electron chi connectivity index (χ4n) is 3.12. The minimum Gasteiger partial charge on any atom is -0.489 e. The Labute approximate surface area is 173 Å². The maximum atomic E-state index is 13.0. The van der Waals surface area contributed by atoms with Gasteiger partial charge in [-0.3, -0.25) is 0 Å². The predicted octanol–water partition coefficient (Wildman–Crippen LogP) is 5.27. The summed E-state index contributed by atoms with van der Waals surface area (Å²) in [5.41, 5.74) is 3.91. The van der Waals surface area contributed by atoms with Crippen molar-refractivity contribution < 1.29 is 9.13 Å². The van der Waals surface area contributed by atoms with Crippen LogP contribution in [-0.4, -0.2) is 16.5 Å². The van der Waals surface area contributed by atoms with E-state index in [1.807, 2.05) is 36.4 Å². The SMILES string of the molecule is Fc1ccc(COc2ccc(Cl)cc2CNCCc2nc3ccccc3[nH]2)cc1. The molecular formula is C23H21ClFN3O. The number of H-pyrrole nitrogens is 1. The Balaban J connectivity index is 1.33. The molecular weight excluding hydrogens is 389 g/mol. The van der Waals surface area contributed by atoms with E-state index >= 15 is 0 Å². The summed E-state index contributed by atoms with van der Waals surface area (Å²) in [4.78, 5) is 7.92. The highest BCUT2D eigenvalue weighted by molar-refractivity contribution is 6.30. The van der Waals surface area contributed by atoms with E-state index in [9.17, 15) is 4.39 Å². The molecule has 0 fully saturated rings. The van der Waals surface area contributed by atoms with Crippen LogP contribution in [0.1, 0.15) is 17.0 Å². The second-order valence-electron chi connectivity index (χ2n) is 6.79. The van der Waals surface area contributed by atoms with Gasteiger partial charge in [-0.1, -0.05) is 35.9 Å². The molecule has 1 aromatic heterocycles. The van der Waals surface area contributed by atoms with E-state index in [0.29, 0.717) is 18.2 Å². The number of aromatic nitrogens is 2. The number of fused-ring (bicyclic) bond motifs is 1. The molecule has 0 unspecified atom stereocenters. The summed E-state index contributed by atoms with van der Waals surface area (Å²) >= 11 is 6.17. The smallest absolute Gasteiger partial charge is 0.124 e. The topological polar surface area (TPSA) is 49.9 Å². The van der Waals surface area contributed by atoms with Crippen molar-refractivity contribution in [3.63, 3.8) is 0 Å². The molecule has 0 aliphatic heterocycles. The van der Waals surface area contributed by atoms with Crippen LogP contribution < -0.4 is 10.1 Å². The number of benzene rings is 3. The fourth-order valence-corrected chi connectivity index (χ4v) is 3.32. The van der Waals surface area contributed by atoms with Crippen molar-refractivity contribution in [1.29, 1.82) is 0 Å². The Morgan fingerprint density at radius 2 is 1.86 bits per heavy atom. The van der Waals surface area contributed by atoms with Gasteiger partial charge >= 0.3 is 0 Å². The van der Waals surface area contributed by atoms with Crippen LogP contribution in [0.4, 0.5) is 4.39 Å². The van der Waals surface area contributed by atoms with E-state index in [-0.39, 0.29) is 5.82 Å². The molecule has 0 spiro atoms. The van der Waals surface area contributed by atoms with Crippen LogP contribution in [0.15, 0.2) is 66.7 Å². The second-order valence-corrected chi connectivity index (χ2v) is 7.23. The molecule has 0 amide bonds. The van der Waals surface area contributed by atoms with Crippen molar-refractivity contribution >= 4 is 22.6 Å². The van der Waals surface area contributed by atoms with Gasteiger partial charge in [0.15, 0.2) is 0 Å². The molecule has 4 aromatic rings. The van der Waals surface area contributed by atoms with Crippen LogP contribution in [0.2, 0.25) is 5.02 Å². The lowest BCUT2D eigenvalue weighted by molar-refractivity contribution is 0.302. The lowest BCUT2D eigenvalue weighted by atomic mass is 10.2. The standard InChI is InChI=1S/C23H21ClFN3O/c24-18-7-10-22(29-15-16-5-8-19(25)9-6-16)17(13-18)14-26-12-11-23-27-20-3-1-2-4-21(20)28-23/h1-10,13,26H,11-12,14-15H2,(H,27,28). The van der Waals surface area contributed by atoms with Gasteiger partial charge in [-0.25, -0.2) is 9.37 Å². The number of nitrogens with one attached hydrogen (secondary N) is 2. The van der Waals surface area contributed by atoms with Crippen LogP contribution in [-0.2, 0) is 19.6 Å². The van der Waals surface area contributed by atoms with Gasteiger partial charge in [-0.15, -0.1) is 0 Å². The van der Waals surface area contributed by atoms with Gasteiger partial charge < -0.3 is 15.0 Å². The van der Waals surface area contributed by atoms with Crippen molar-refractivity contribution in [2.75, 3.05) is 6.54 Å². The summed E-state index contributed by atoms with van der Waals surface area (Å²) in [6, 6.07) is 19.9. The molecule has 4 rings (SSSR count). The molecule has 29 heavy (non-hydrogen) atoms. The maximum absolute atomic E-state index is 13.0. The molecule has 0 aliphatic carbocycles. The lowest BCUT2D eigenvalue weighted by Crippen LogP contribution is -2.17. The van der Waals surface area contributed by atoms with E-state index in [4.69, 9.17) is 16.3 Å². The molecule has 2 N–H and O–H groups in total. The molecule has 0 saturated carbocycles. The molecule has 0 bridgehead atoms. The minimum absolute atomic E-state index is 0.255. The second kappa shape index (κ2) is 9.07. The van der Waals surface area contributed by atoms with E-state index in [0.717, 1.165) is 46.7 Å². The summed E-state index contributed by atoms with van der Waals surface area (Å²) in [7, 11) is 0. The maximum Gasteiger partial charge on any atom is 0.124 e. The van der Waals surface area contributed by atoms with Gasteiger partial charge in [0.05, 0.1) is 11.0 Å². The third-order valence-corrected chi connectivity index (χ3v) is 4.86. The lowest BCUT2D eigenvalue weighted by Gasteiger charge is -2.13. The van der Waals surface area contributed by atoms with Crippen molar-refractivity contribution in [2.45, 2.75) is 19.6 Å². The number of ether oxygens (including phenoxy) is 1. The molecule has 0 atom stereocenters. The summed E-state index contributed by atoms with van der Waals surface area (Å²) in [5, 5.41) is 4.08. The van der Waals surface area contributed by atoms with Crippen molar-refractivity contribution in [3.8, 4) is 5.75 Å². The molecule has 0 aliphatic rings. The Kier molecular flexibility index (Phi) is 6.08. The molecule has 4 nitrogen and oxygen atoms in total. The minimum atomic E-state index is -0.255. The number of nitrogens with zero attached hydrogens (tertiary/aromatic N) is 1. The average Bonchev–Trinajstić information content (AvgIpc) is 3.15. The molecule has 0 radical (unpaired) electrons. The van der Waals surface area contributed by atoms with E-state index in [2.05, 4.69) is 15.3 Å². The highest BCUT2D eigenvalue weighted by Crippen LogP contribution is 2.24. The summed E-state index contributed by atoms with van der Waals surface area (Å²) in [6.07, 6.45) is 0.793. The zero-order valence-electron chi connectivity index (χ0n) is 15.8. The van der Waals surface area contributed by atoms with Crippen LogP contribution in [0, 0.1) is 5.82 Å². The van der Waals surface area contributed by atoms with Gasteiger partial charge in [0.2, 0.25) is 0 Å². The number of halogens is 2. The van der Waals surface area contributed by atoms with Crippen molar-refractivity contribution in [1.82, 2.24) is 15.3 Å². The summed E-state index contributed by atoms with van der Waals surface area (Å²) < 4.78 is 19.0. The van der Waals surface area contributed by atoms with E-state index < -0.39 is 0 Å². The van der Waals surface area contributed by atoms with E-state index in [1.54, 1.807) is 18.2 Å². The summed E-state index contributed by atoms with van der Waals surface area (Å²) in [5.74, 6) is 1.46. The number of imidazole rings is 1. The van der Waals surface area contributed by atoms with Gasteiger partial charge in [0.25, 0.3) is 0 Å². The Bertz CT molecular complexity index is 1060. The third kappa shape index (κ3) is 5.13. The number of para-hydroxylation sites is 2. The zero-order chi connectivity index (χ0) is 20.1. The number of hydrogen-bond acceptors (Lipinski definition) is 3. The number of rotatable bonds is 8. The fraction of sp³-hybridized carbons (Fsp3) is 0.174. The van der Waals surface area contributed by atoms with Crippen molar-refractivity contribution in [2.24, 2.45) is 0 Å². The Morgan fingerprint density at radius 3 is 2.69 bits per heavy atom. The van der Waals surface area contributed by atoms with Crippen LogP contribution >= 0.6 is 11.6 Å². The molecule has 0 saturated heterocycles. The largest absolute Gasteiger partial charge is 0.489 e. The van der Waals surface area contributed by atoms with Gasteiger partial charge in [-0.2, -0.15) is 0 Å². The third-order valence-electron chi connectivity index (χ3n) is 4.62. The Hall–Kier alpha value is -2.89. The van der Waals surface area contributed by atoms with Gasteiger partial charge in [0, 0.05) is 30.1 Å². The van der Waals surface area contributed by atoms with Crippen LogP contribution in [0.3, 0.4) is 0 Å². The summed E-state index contributed by atoms with van der Waals surface area (Å²) in [6.45, 7) is 1.76. The zero-order valence-corrected chi connectivity index (χ0v) is 16.5. The first kappa shape index (κ1) is 19.4. The first-order valence-corrected chi connectivity index (χ1v) is 9.85.